The van der Waals surface area contributed by atoms with Crippen molar-refractivity contribution in [3.63, 3.8) is 0 Å². The highest BCUT2D eigenvalue weighted by molar-refractivity contribution is 5.88. The zero-order valence-electron chi connectivity index (χ0n) is 18.0. The van der Waals surface area contributed by atoms with Gasteiger partial charge < -0.3 is 14.6 Å². The fraction of sp³-hybridized carbons (Fsp3) is 0.500. The molecule has 4 nitrogen and oxygen atoms in total. The normalized spacial score (nSPS) is 39.8. The predicted octanol–water partition coefficient (Wildman–Crippen LogP) is 5.31. The lowest BCUT2D eigenvalue weighted by atomic mass is 9.56. The first kappa shape index (κ1) is 18.3. The van der Waals surface area contributed by atoms with Crippen molar-refractivity contribution in [3.8, 4) is 11.5 Å². The SMILES string of the molecule is CC1(c2ccc3c(c2)C2(C)C4(C)CCC(C4)C2(C)O3)COc2ccc(C(=O)O)cc21. The molecule has 0 spiro atoms. The fourth-order valence-corrected chi connectivity index (χ4v) is 7.29. The van der Waals surface area contributed by atoms with E-state index in [1.807, 2.05) is 0 Å². The van der Waals surface area contributed by atoms with Gasteiger partial charge in [-0.05, 0) is 74.3 Å². The third-order valence-corrected chi connectivity index (χ3v) is 9.54. The molecule has 156 valence electrons. The molecule has 2 bridgehead atoms. The van der Waals surface area contributed by atoms with E-state index in [-0.39, 0.29) is 21.8 Å². The first-order chi connectivity index (χ1) is 14.1. The van der Waals surface area contributed by atoms with E-state index in [9.17, 15) is 9.90 Å². The average molecular weight is 405 g/mol. The summed E-state index contributed by atoms with van der Waals surface area (Å²) < 4.78 is 12.7. The zero-order valence-corrected chi connectivity index (χ0v) is 18.0. The molecule has 2 saturated carbocycles. The van der Waals surface area contributed by atoms with Gasteiger partial charge in [-0.3, -0.25) is 0 Å². The lowest BCUT2D eigenvalue weighted by Gasteiger charge is -2.48. The molecular formula is C26H28O4. The van der Waals surface area contributed by atoms with Crippen molar-refractivity contribution >= 4 is 5.97 Å². The van der Waals surface area contributed by atoms with Crippen LogP contribution in [0.25, 0.3) is 0 Å². The Morgan fingerprint density at radius 3 is 2.57 bits per heavy atom. The highest BCUT2D eigenvalue weighted by atomic mass is 16.5. The van der Waals surface area contributed by atoms with Crippen molar-refractivity contribution in [2.24, 2.45) is 11.3 Å². The molecule has 2 aliphatic heterocycles. The molecule has 5 atom stereocenters. The average Bonchev–Trinajstić information content (AvgIpc) is 3.39. The van der Waals surface area contributed by atoms with E-state index in [1.165, 1.54) is 30.4 Å². The van der Waals surface area contributed by atoms with Gasteiger partial charge in [-0.25, -0.2) is 4.79 Å². The van der Waals surface area contributed by atoms with Crippen LogP contribution in [0.3, 0.4) is 0 Å². The standard InChI is InChI=1S/C26H28O4/c1-23-10-9-17(13-23)26(4)25(23,3)19-12-16(6-8-21(19)30-26)24(2)14-29-20-7-5-15(22(27)28)11-18(20)24/h5-8,11-12,17H,9-10,13-14H2,1-4H3,(H,27,28). The van der Waals surface area contributed by atoms with Crippen LogP contribution in [0.5, 0.6) is 11.5 Å². The number of rotatable bonds is 2. The van der Waals surface area contributed by atoms with Gasteiger partial charge in [0.05, 0.1) is 11.0 Å². The van der Waals surface area contributed by atoms with Crippen LogP contribution in [-0.4, -0.2) is 23.3 Å². The molecule has 30 heavy (non-hydrogen) atoms. The van der Waals surface area contributed by atoms with Crippen molar-refractivity contribution in [2.45, 2.75) is 63.4 Å². The Labute approximate surface area is 177 Å². The molecule has 0 amide bonds. The molecule has 2 fully saturated rings. The second-order valence-corrected chi connectivity index (χ2v) is 10.7. The number of carboxylic acid groups (broad SMARTS) is 1. The summed E-state index contributed by atoms with van der Waals surface area (Å²) >= 11 is 0. The summed E-state index contributed by atoms with van der Waals surface area (Å²) in [5, 5.41) is 9.48. The molecule has 2 aliphatic carbocycles. The molecule has 0 saturated heterocycles. The lowest BCUT2D eigenvalue weighted by molar-refractivity contribution is -0.0260. The van der Waals surface area contributed by atoms with Crippen LogP contribution < -0.4 is 9.47 Å². The molecule has 0 radical (unpaired) electrons. The second-order valence-electron chi connectivity index (χ2n) is 10.7. The highest BCUT2D eigenvalue weighted by Gasteiger charge is 2.73. The maximum Gasteiger partial charge on any atom is 0.335 e. The summed E-state index contributed by atoms with van der Waals surface area (Å²) in [6.07, 6.45) is 3.73. The monoisotopic (exact) mass is 404 g/mol. The molecule has 5 unspecified atom stereocenters. The van der Waals surface area contributed by atoms with Crippen molar-refractivity contribution < 1.29 is 19.4 Å². The Morgan fingerprint density at radius 1 is 1.03 bits per heavy atom. The number of hydrogen-bond donors (Lipinski definition) is 1. The predicted molar refractivity (Wildman–Crippen MR) is 114 cm³/mol. The fourth-order valence-electron chi connectivity index (χ4n) is 7.29. The summed E-state index contributed by atoms with van der Waals surface area (Å²) in [7, 11) is 0. The Hall–Kier alpha value is -2.49. The third kappa shape index (κ3) is 1.83. The maximum atomic E-state index is 11.6. The number of carbonyl (C=O) groups is 1. The summed E-state index contributed by atoms with van der Waals surface area (Å²) in [4.78, 5) is 11.6. The van der Waals surface area contributed by atoms with Gasteiger partial charge in [0.2, 0.25) is 0 Å². The van der Waals surface area contributed by atoms with Gasteiger partial charge in [0, 0.05) is 16.5 Å². The van der Waals surface area contributed by atoms with Crippen molar-refractivity contribution in [1.29, 1.82) is 0 Å². The zero-order chi connectivity index (χ0) is 21.1. The van der Waals surface area contributed by atoms with Crippen LogP contribution >= 0.6 is 0 Å². The van der Waals surface area contributed by atoms with Crippen LogP contribution in [0.1, 0.15) is 74.0 Å². The second kappa shape index (κ2) is 5.22. The molecule has 4 heteroatoms. The molecule has 2 aromatic rings. The van der Waals surface area contributed by atoms with Crippen molar-refractivity contribution in [3.05, 3.63) is 58.7 Å². The molecule has 6 rings (SSSR count). The molecule has 4 aliphatic rings. The minimum absolute atomic E-state index is 0.0180. The van der Waals surface area contributed by atoms with E-state index in [0.29, 0.717) is 18.1 Å². The topological polar surface area (TPSA) is 55.8 Å². The molecule has 2 heterocycles. The quantitative estimate of drug-likeness (QED) is 0.737. The molecule has 1 N–H and O–H groups in total. The largest absolute Gasteiger partial charge is 0.492 e. The van der Waals surface area contributed by atoms with E-state index < -0.39 is 5.97 Å². The van der Waals surface area contributed by atoms with Crippen molar-refractivity contribution in [2.75, 3.05) is 6.61 Å². The Kier molecular flexibility index (Phi) is 3.18. The summed E-state index contributed by atoms with van der Waals surface area (Å²) in [5.41, 5.74) is 3.43. The van der Waals surface area contributed by atoms with E-state index in [0.717, 1.165) is 17.1 Å². The van der Waals surface area contributed by atoms with Crippen LogP contribution in [0.15, 0.2) is 36.4 Å². The summed E-state index contributed by atoms with van der Waals surface area (Å²) in [5.74, 6) is 1.49. The van der Waals surface area contributed by atoms with Crippen LogP contribution in [0, 0.1) is 11.3 Å². The van der Waals surface area contributed by atoms with Gasteiger partial charge in [-0.2, -0.15) is 0 Å². The lowest BCUT2D eigenvalue weighted by Crippen LogP contribution is -2.54. The van der Waals surface area contributed by atoms with Crippen LogP contribution in [0.2, 0.25) is 0 Å². The molecule has 0 aromatic heterocycles. The Bertz CT molecular complexity index is 1120. The van der Waals surface area contributed by atoms with Crippen molar-refractivity contribution in [1.82, 2.24) is 0 Å². The Balaban J connectivity index is 1.51. The van der Waals surface area contributed by atoms with Gasteiger partial charge in [0.1, 0.15) is 23.7 Å². The van der Waals surface area contributed by atoms with E-state index in [2.05, 4.69) is 45.9 Å². The number of hydrogen-bond acceptors (Lipinski definition) is 3. The number of ether oxygens (including phenoxy) is 2. The third-order valence-electron chi connectivity index (χ3n) is 9.54. The summed E-state index contributed by atoms with van der Waals surface area (Å²) in [6.45, 7) is 9.84. The first-order valence-corrected chi connectivity index (χ1v) is 11.0. The van der Waals surface area contributed by atoms with Gasteiger partial charge in [0.15, 0.2) is 0 Å². The molecule has 2 aromatic carbocycles. The van der Waals surface area contributed by atoms with E-state index in [1.54, 1.807) is 18.2 Å². The van der Waals surface area contributed by atoms with Gasteiger partial charge >= 0.3 is 5.97 Å². The van der Waals surface area contributed by atoms with Crippen LogP contribution in [0.4, 0.5) is 0 Å². The highest BCUT2D eigenvalue weighted by Crippen LogP contribution is 2.73. The minimum Gasteiger partial charge on any atom is -0.492 e. The summed E-state index contributed by atoms with van der Waals surface area (Å²) in [6, 6.07) is 11.8. The van der Waals surface area contributed by atoms with Gasteiger partial charge in [-0.15, -0.1) is 0 Å². The van der Waals surface area contributed by atoms with Gasteiger partial charge in [0.25, 0.3) is 0 Å². The smallest absolute Gasteiger partial charge is 0.335 e. The number of carboxylic acids is 1. The maximum absolute atomic E-state index is 11.6. The number of benzene rings is 2. The molecular weight excluding hydrogens is 376 g/mol. The minimum atomic E-state index is -0.910. The number of aromatic carboxylic acids is 1. The van der Waals surface area contributed by atoms with Crippen LogP contribution in [-0.2, 0) is 10.8 Å². The van der Waals surface area contributed by atoms with E-state index >= 15 is 0 Å². The van der Waals surface area contributed by atoms with Gasteiger partial charge in [-0.1, -0.05) is 26.0 Å². The van der Waals surface area contributed by atoms with E-state index in [4.69, 9.17) is 9.47 Å². The Morgan fingerprint density at radius 2 is 1.80 bits per heavy atom. The first-order valence-electron chi connectivity index (χ1n) is 11.0. The number of fused-ring (bicyclic) bond motifs is 8.